The number of carbonyl (C=O) groups is 8. The van der Waals surface area contributed by atoms with Crippen LogP contribution in [0.15, 0.2) is 134 Å². The van der Waals surface area contributed by atoms with Crippen molar-refractivity contribution in [2.24, 2.45) is 0 Å². The van der Waals surface area contributed by atoms with Gasteiger partial charge >= 0.3 is 0 Å². The zero-order valence-electron chi connectivity index (χ0n) is 49.6. The second-order valence-electron chi connectivity index (χ2n) is 22.3. The zero-order chi connectivity index (χ0) is 62.0. The van der Waals surface area contributed by atoms with Gasteiger partial charge in [0.15, 0.2) is 11.6 Å². The van der Waals surface area contributed by atoms with E-state index in [-0.39, 0.29) is 59.5 Å². The summed E-state index contributed by atoms with van der Waals surface area (Å²) < 4.78 is 27.1. The Hall–Kier alpha value is -8.88. The van der Waals surface area contributed by atoms with Gasteiger partial charge in [0.05, 0.1) is 24.2 Å². The van der Waals surface area contributed by atoms with Crippen LogP contribution in [0, 0.1) is 11.6 Å². The average molecular weight is 1190 g/mol. The predicted octanol–water partition coefficient (Wildman–Crippen LogP) is 9.04. The van der Waals surface area contributed by atoms with E-state index >= 15 is 0 Å². The highest BCUT2D eigenvalue weighted by Gasteiger charge is 2.38. The van der Waals surface area contributed by atoms with Gasteiger partial charge in [-0.1, -0.05) is 49.9 Å². The Morgan fingerprint density at radius 2 is 0.943 bits per heavy atom. The molecule has 0 aliphatic carbocycles. The van der Waals surface area contributed by atoms with E-state index in [0.717, 1.165) is 31.2 Å². The van der Waals surface area contributed by atoms with Gasteiger partial charge in [0.25, 0.3) is 0 Å². The first-order chi connectivity index (χ1) is 42.0. The Balaban J connectivity index is 0.762. The number of pyridine rings is 2. The third-order valence-corrected chi connectivity index (χ3v) is 16.2. The topological polar surface area (TPSA) is 241 Å². The summed E-state index contributed by atoms with van der Waals surface area (Å²) in [5.41, 5.74) is 5.05. The maximum Gasteiger partial charge on any atom is 0.250 e. The van der Waals surface area contributed by atoms with Crippen LogP contribution in [0.25, 0.3) is 0 Å². The molecule has 2 aliphatic heterocycles. The van der Waals surface area contributed by atoms with Gasteiger partial charge in [-0.3, -0.25) is 48.3 Å². The lowest BCUT2D eigenvalue weighted by Crippen LogP contribution is -2.53. The minimum Gasteiger partial charge on any atom is -0.343 e. The lowest BCUT2D eigenvalue weighted by molar-refractivity contribution is -0.138. The van der Waals surface area contributed by atoms with Crippen LogP contribution in [0.4, 0.5) is 20.2 Å². The number of hydrogen-bond donors (Lipinski definition) is 6. The van der Waals surface area contributed by atoms with Crippen molar-refractivity contribution < 1.29 is 47.1 Å². The Bertz CT molecular complexity index is 3390. The summed E-state index contributed by atoms with van der Waals surface area (Å²) >= 11 is 0. The van der Waals surface area contributed by atoms with E-state index in [1.165, 1.54) is 60.9 Å². The van der Waals surface area contributed by atoms with Gasteiger partial charge in [-0.15, -0.1) is 0 Å². The number of amides is 6. The number of rotatable bonds is 28. The van der Waals surface area contributed by atoms with E-state index in [4.69, 9.17) is 0 Å². The Labute approximate surface area is 506 Å². The van der Waals surface area contributed by atoms with Crippen LogP contribution in [0.2, 0.25) is 0 Å². The van der Waals surface area contributed by atoms with Crippen LogP contribution in [0.3, 0.4) is 0 Å². The molecule has 6 amide bonds. The van der Waals surface area contributed by atoms with E-state index < -0.39 is 41.8 Å². The van der Waals surface area contributed by atoms with Crippen molar-refractivity contribution in [1.82, 2.24) is 41.0 Å². The van der Waals surface area contributed by atoms with Crippen molar-refractivity contribution in [1.29, 1.82) is 0 Å². The molecule has 0 bridgehead atoms. The van der Waals surface area contributed by atoms with E-state index in [1.54, 1.807) is 98.7 Å². The second kappa shape index (κ2) is 31.0. The van der Waals surface area contributed by atoms with Crippen LogP contribution in [0.1, 0.15) is 163 Å². The standard InChI is InChI=1S/C67H76F2N10O8/c1-42(70-3)64(84)76-56(66(86)78-33-11-13-57(78)48-36-50(40-72-38-48)62(82)46-19-25-52(68)26-20-46)35-44-17-29-54(30-18-44)74-59(80)15-9-7-5-6-8-10-16-60(81)75-55-31-23-45(24-32-55)61(77-65(85)43(2)71-4)67(87)79-34-12-14-58(79)49-37-51(41-73-39-49)63(83)47-21-27-53(69)28-22-47/h17-32,36-43,56-58,61,70-71H,5-16,33-35H2,1-4H3,(H,74,80)(H,75,81)(H,76,84)(H,77,85)/t42-,43-,56-,57-,58-,61?/m0/s1. The first kappa shape index (κ1) is 64.1. The molecule has 2 saturated heterocycles. The smallest absolute Gasteiger partial charge is 0.250 e. The van der Waals surface area contributed by atoms with E-state index in [2.05, 4.69) is 41.9 Å². The molecule has 2 aliphatic rings. The lowest BCUT2D eigenvalue weighted by Gasteiger charge is -2.30. The van der Waals surface area contributed by atoms with Gasteiger partial charge in [0, 0.05) is 90.8 Å². The summed E-state index contributed by atoms with van der Waals surface area (Å²) in [6.45, 7) is 4.27. The molecule has 87 heavy (non-hydrogen) atoms. The number of aromatic nitrogens is 2. The van der Waals surface area contributed by atoms with Gasteiger partial charge in [0.1, 0.15) is 23.7 Å². The molecule has 2 fully saturated rings. The highest BCUT2D eigenvalue weighted by molar-refractivity contribution is 6.09. The first-order valence-electron chi connectivity index (χ1n) is 29.9. The minimum absolute atomic E-state index is 0.127. The van der Waals surface area contributed by atoms with E-state index in [1.807, 2.05) is 12.1 Å². The van der Waals surface area contributed by atoms with Crippen molar-refractivity contribution >= 4 is 58.4 Å². The van der Waals surface area contributed by atoms with Crippen LogP contribution >= 0.6 is 0 Å². The van der Waals surface area contributed by atoms with Crippen molar-refractivity contribution in [3.05, 3.63) is 190 Å². The molecule has 0 spiro atoms. The number of anilines is 2. The van der Waals surface area contributed by atoms with Gasteiger partial charge in [-0.05, 0) is 174 Å². The van der Waals surface area contributed by atoms with Crippen molar-refractivity contribution in [3.8, 4) is 0 Å². The molecule has 1 unspecified atom stereocenters. The van der Waals surface area contributed by atoms with Crippen molar-refractivity contribution in [3.63, 3.8) is 0 Å². The summed E-state index contributed by atoms with van der Waals surface area (Å²) in [6, 6.07) is 24.1. The van der Waals surface area contributed by atoms with Crippen LogP contribution in [-0.2, 0) is 35.2 Å². The molecule has 0 radical (unpaired) electrons. The minimum atomic E-state index is -1.05. The number of ketones is 2. The quantitative estimate of drug-likeness (QED) is 0.0199. The highest BCUT2D eigenvalue weighted by Crippen LogP contribution is 2.36. The second-order valence-corrected chi connectivity index (χ2v) is 22.3. The third kappa shape index (κ3) is 17.4. The van der Waals surface area contributed by atoms with Crippen molar-refractivity contribution in [2.75, 3.05) is 37.8 Å². The molecule has 2 aromatic heterocycles. The summed E-state index contributed by atoms with van der Waals surface area (Å²) in [5.74, 6) is -3.14. The lowest BCUT2D eigenvalue weighted by atomic mass is 9.99. The molecule has 18 nitrogen and oxygen atoms in total. The zero-order valence-corrected chi connectivity index (χ0v) is 49.6. The fraction of sp³-hybridized carbons (Fsp3) is 0.373. The molecule has 4 aromatic carbocycles. The predicted molar refractivity (Wildman–Crippen MR) is 326 cm³/mol. The van der Waals surface area contributed by atoms with E-state index in [0.29, 0.717) is 115 Å². The molecule has 20 heteroatoms. The fourth-order valence-electron chi connectivity index (χ4n) is 10.9. The average Bonchev–Trinajstić information content (AvgIpc) is 2.68. The van der Waals surface area contributed by atoms with Gasteiger partial charge < -0.3 is 41.7 Å². The largest absolute Gasteiger partial charge is 0.343 e. The number of carbonyl (C=O) groups excluding carboxylic acids is 8. The molecule has 6 aromatic rings. The van der Waals surface area contributed by atoms with Crippen LogP contribution in [-0.4, -0.2) is 112 Å². The number of nitrogens with zero attached hydrogens (tertiary/aromatic N) is 4. The summed E-state index contributed by atoms with van der Waals surface area (Å²) in [7, 11) is 3.31. The normalized spacial score (nSPS) is 16.1. The molecular weight excluding hydrogens is 1110 g/mol. The molecule has 6 atom stereocenters. The monoisotopic (exact) mass is 1190 g/mol. The Kier molecular flexibility index (Phi) is 22.8. The van der Waals surface area contributed by atoms with Gasteiger partial charge in [0.2, 0.25) is 35.4 Å². The molecule has 6 N–H and O–H groups in total. The summed E-state index contributed by atoms with van der Waals surface area (Å²) in [4.78, 5) is 120. The SMILES string of the molecule is CN[C@@H](C)C(=O)NC(C(=O)N1CCC[C@H]1c1cncc(C(=O)c2ccc(F)cc2)c1)c1ccc(NC(=O)CCCCCCCCC(=O)Nc2ccc(C[C@H](NC(=O)[C@H](C)NC)C(=O)N3CCC[C@H]3c3cncc(C(=O)c4ccc(F)cc4)c3)cc2)cc1. The Morgan fingerprint density at radius 1 is 0.517 bits per heavy atom. The van der Waals surface area contributed by atoms with Gasteiger partial charge in [-0.25, -0.2) is 8.78 Å². The van der Waals surface area contributed by atoms with Gasteiger partial charge in [-0.2, -0.15) is 0 Å². The maximum atomic E-state index is 14.5. The maximum absolute atomic E-state index is 14.5. The number of nitrogens with one attached hydrogen (secondary N) is 6. The summed E-state index contributed by atoms with van der Waals surface area (Å²) in [5, 5.41) is 17.6. The van der Waals surface area contributed by atoms with Crippen LogP contribution in [0.5, 0.6) is 0 Å². The van der Waals surface area contributed by atoms with Crippen LogP contribution < -0.4 is 31.9 Å². The number of benzene rings is 4. The number of halogens is 2. The number of unbranched alkanes of at least 4 members (excludes halogenated alkanes) is 5. The molecule has 456 valence electrons. The Morgan fingerprint density at radius 3 is 1.40 bits per heavy atom. The molecule has 0 saturated carbocycles. The molecule has 4 heterocycles. The summed E-state index contributed by atoms with van der Waals surface area (Å²) in [6.07, 6.45) is 14.5. The highest BCUT2D eigenvalue weighted by atomic mass is 19.1. The third-order valence-electron chi connectivity index (χ3n) is 16.2. The number of hydrogen-bond acceptors (Lipinski definition) is 12. The van der Waals surface area contributed by atoms with Crippen molar-refractivity contribution in [2.45, 2.75) is 134 Å². The number of likely N-dealkylation sites (N-methyl/N-ethyl adjacent to an activating group) is 2. The number of likely N-dealkylation sites (tertiary alicyclic amines) is 2. The fourth-order valence-corrected chi connectivity index (χ4v) is 10.9. The van der Waals surface area contributed by atoms with E-state index in [9.17, 15) is 47.1 Å². The first-order valence-corrected chi connectivity index (χ1v) is 29.9. The molecular formula is C67H76F2N10O8. The molecule has 8 rings (SSSR count).